The molecule has 2 aliphatic heterocycles. The summed E-state index contributed by atoms with van der Waals surface area (Å²) in [4.78, 5) is 14.6. The van der Waals surface area contributed by atoms with E-state index in [1.165, 1.54) is 5.56 Å². The van der Waals surface area contributed by atoms with Gasteiger partial charge in [-0.15, -0.1) is 0 Å². The lowest BCUT2D eigenvalue weighted by molar-refractivity contribution is -0.132. The van der Waals surface area contributed by atoms with Crippen LogP contribution in [-0.2, 0) is 11.2 Å². The molecular formula is C15H20N2O. The Hall–Kier alpha value is -1.51. The molecule has 0 bridgehead atoms. The average molecular weight is 244 g/mol. The normalized spacial score (nSPS) is 30.1. The van der Waals surface area contributed by atoms with Crippen LogP contribution in [0.4, 0.5) is 5.69 Å². The van der Waals surface area contributed by atoms with Crippen molar-refractivity contribution in [3.8, 4) is 0 Å². The number of amides is 1. The first kappa shape index (κ1) is 11.6. The van der Waals surface area contributed by atoms with Gasteiger partial charge >= 0.3 is 0 Å². The Labute approximate surface area is 108 Å². The molecule has 0 aromatic heterocycles. The van der Waals surface area contributed by atoms with Gasteiger partial charge in [0.1, 0.15) is 6.04 Å². The number of carbonyl (C=O) groups is 1. The van der Waals surface area contributed by atoms with Crippen molar-refractivity contribution >= 4 is 11.6 Å². The summed E-state index contributed by atoms with van der Waals surface area (Å²) in [5, 5.41) is 3.36. The Bertz CT molecular complexity index is 446. The average Bonchev–Trinajstić information content (AvgIpc) is 2.91. The molecule has 3 heteroatoms. The molecule has 0 radical (unpaired) electrons. The molecule has 0 spiro atoms. The second-order valence-electron chi connectivity index (χ2n) is 5.74. The van der Waals surface area contributed by atoms with Crippen molar-refractivity contribution in [1.29, 1.82) is 0 Å². The minimum absolute atomic E-state index is 0.0600. The number of nitrogens with one attached hydrogen (secondary N) is 1. The molecule has 18 heavy (non-hydrogen) atoms. The van der Waals surface area contributed by atoms with Crippen LogP contribution in [0.5, 0.6) is 0 Å². The highest BCUT2D eigenvalue weighted by molar-refractivity contribution is 5.87. The highest BCUT2D eigenvalue weighted by Crippen LogP contribution is 2.29. The standard InChI is InChI=1S/C15H20N2O/c1-10-7-11(2)17(9-10)15(18)14-8-12-5-3-4-6-13(12)16-14/h3-6,10-11,14,16H,7-9H2,1-2H3/t10?,11?,14-/m0/s1. The third-order valence-corrected chi connectivity index (χ3v) is 4.14. The number of para-hydroxylation sites is 1. The van der Waals surface area contributed by atoms with Gasteiger partial charge in [-0.05, 0) is 30.9 Å². The molecule has 2 unspecified atom stereocenters. The van der Waals surface area contributed by atoms with E-state index >= 15 is 0 Å². The Morgan fingerprint density at radius 1 is 1.33 bits per heavy atom. The zero-order valence-corrected chi connectivity index (χ0v) is 11.0. The second-order valence-corrected chi connectivity index (χ2v) is 5.74. The van der Waals surface area contributed by atoms with Crippen LogP contribution in [0.15, 0.2) is 24.3 Å². The number of benzene rings is 1. The number of rotatable bonds is 1. The van der Waals surface area contributed by atoms with Gasteiger partial charge in [-0.2, -0.15) is 0 Å². The largest absolute Gasteiger partial charge is 0.373 e. The Kier molecular flexibility index (Phi) is 2.77. The topological polar surface area (TPSA) is 32.3 Å². The van der Waals surface area contributed by atoms with Gasteiger partial charge in [-0.3, -0.25) is 4.79 Å². The SMILES string of the molecule is CC1CC(C)N(C(=O)[C@@H]2Cc3ccccc3N2)C1. The summed E-state index contributed by atoms with van der Waals surface area (Å²) in [5.41, 5.74) is 2.38. The zero-order chi connectivity index (χ0) is 12.7. The first-order valence-corrected chi connectivity index (χ1v) is 6.80. The van der Waals surface area contributed by atoms with Gasteiger partial charge < -0.3 is 10.2 Å². The summed E-state index contributed by atoms with van der Waals surface area (Å²) in [6, 6.07) is 8.53. The maximum Gasteiger partial charge on any atom is 0.245 e. The quantitative estimate of drug-likeness (QED) is 0.822. The third-order valence-electron chi connectivity index (χ3n) is 4.14. The van der Waals surface area contributed by atoms with Crippen LogP contribution in [0, 0.1) is 5.92 Å². The first-order valence-electron chi connectivity index (χ1n) is 6.80. The highest BCUT2D eigenvalue weighted by Gasteiger charge is 2.36. The van der Waals surface area contributed by atoms with Crippen LogP contribution in [0.25, 0.3) is 0 Å². The van der Waals surface area contributed by atoms with Gasteiger partial charge in [0.2, 0.25) is 5.91 Å². The molecule has 0 aliphatic carbocycles. The van der Waals surface area contributed by atoms with E-state index in [1.807, 2.05) is 17.0 Å². The Balaban J connectivity index is 1.73. The third kappa shape index (κ3) is 1.88. The van der Waals surface area contributed by atoms with E-state index < -0.39 is 0 Å². The van der Waals surface area contributed by atoms with Crippen LogP contribution in [-0.4, -0.2) is 29.4 Å². The van der Waals surface area contributed by atoms with E-state index in [9.17, 15) is 4.79 Å². The van der Waals surface area contributed by atoms with Crippen molar-refractivity contribution in [2.75, 3.05) is 11.9 Å². The van der Waals surface area contributed by atoms with Crippen LogP contribution >= 0.6 is 0 Å². The maximum absolute atomic E-state index is 12.5. The van der Waals surface area contributed by atoms with Gasteiger partial charge in [0.15, 0.2) is 0 Å². The Morgan fingerprint density at radius 3 is 2.78 bits per heavy atom. The predicted octanol–water partition coefficient (Wildman–Crippen LogP) is 2.28. The summed E-state index contributed by atoms with van der Waals surface area (Å²) >= 11 is 0. The fourth-order valence-corrected chi connectivity index (χ4v) is 3.25. The zero-order valence-electron chi connectivity index (χ0n) is 11.0. The lowest BCUT2D eigenvalue weighted by Crippen LogP contribution is -2.43. The number of fused-ring (bicyclic) bond motifs is 1. The number of anilines is 1. The molecular weight excluding hydrogens is 224 g/mol. The number of hydrogen-bond acceptors (Lipinski definition) is 2. The molecule has 1 aromatic carbocycles. The number of likely N-dealkylation sites (tertiary alicyclic amines) is 1. The van der Waals surface area contributed by atoms with E-state index in [2.05, 4.69) is 31.3 Å². The van der Waals surface area contributed by atoms with Crippen molar-refractivity contribution in [3.05, 3.63) is 29.8 Å². The molecule has 1 saturated heterocycles. The van der Waals surface area contributed by atoms with Gasteiger partial charge in [0.05, 0.1) is 0 Å². The molecule has 1 N–H and O–H groups in total. The molecule has 3 rings (SSSR count). The number of carbonyl (C=O) groups excluding carboxylic acids is 1. The van der Waals surface area contributed by atoms with Gasteiger partial charge in [0, 0.05) is 24.7 Å². The second kappa shape index (κ2) is 4.30. The van der Waals surface area contributed by atoms with Crippen LogP contribution < -0.4 is 5.32 Å². The van der Waals surface area contributed by atoms with Crippen LogP contribution in [0.2, 0.25) is 0 Å². The van der Waals surface area contributed by atoms with Crippen LogP contribution in [0.1, 0.15) is 25.8 Å². The van der Waals surface area contributed by atoms with Gasteiger partial charge in [-0.25, -0.2) is 0 Å². The minimum atomic E-state index is -0.0600. The fourth-order valence-electron chi connectivity index (χ4n) is 3.25. The van der Waals surface area contributed by atoms with E-state index in [0.29, 0.717) is 12.0 Å². The van der Waals surface area contributed by atoms with Crippen LogP contribution in [0.3, 0.4) is 0 Å². The molecule has 2 aliphatic rings. The van der Waals surface area contributed by atoms with Gasteiger partial charge in [-0.1, -0.05) is 25.1 Å². The fraction of sp³-hybridized carbons (Fsp3) is 0.533. The molecule has 3 atom stereocenters. The van der Waals surface area contributed by atoms with E-state index in [0.717, 1.165) is 25.1 Å². The van der Waals surface area contributed by atoms with Crippen molar-refractivity contribution in [2.24, 2.45) is 5.92 Å². The van der Waals surface area contributed by atoms with E-state index in [1.54, 1.807) is 0 Å². The predicted molar refractivity (Wildman–Crippen MR) is 72.5 cm³/mol. The van der Waals surface area contributed by atoms with E-state index in [4.69, 9.17) is 0 Å². The smallest absolute Gasteiger partial charge is 0.245 e. The number of nitrogens with zero attached hydrogens (tertiary/aromatic N) is 1. The maximum atomic E-state index is 12.5. The monoisotopic (exact) mass is 244 g/mol. The van der Waals surface area contributed by atoms with Crippen molar-refractivity contribution in [2.45, 2.75) is 38.8 Å². The molecule has 3 nitrogen and oxygen atoms in total. The summed E-state index contributed by atoms with van der Waals surface area (Å²) in [6.07, 6.45) is 1.96. The van der Waals surface area contributed by atoms with Crippen molar-refractivity contribution in [3.63, 3.8) is 0 Å². The first-order chi connectivity index (χ1) is 8.65. The lowest BCUT2D eigenvalue weighted by Gasteiger charge is -2.25. The summed E-state index contributed by atoms with van der Waals surface area (Å²) in [5.74, 6) is 0.899. The number of hydrogen-bond donors (Lipinski definition) is 1. The minimum Gasteiger partial charge on any atom is -0.373 e. The molecule has 96 valence electrons. The van der Waals surface area contributed by atoms with E-state index in [-0.39, 0.29) is 11.9 Å². The molecule has 0 saturated carbocycles. The van der Waals surface area contributed by atoms with Gasteiger partial charge in [0.25, 0.3) is 0 Å². The summed E-state index contributed by atoms with van der Waals surface area (Å²) in [6.45, 7) is 5.29. The molecule has 1 aromatic rings. The molecule has 2 heterocycles. The Morgan fingerprint density at radius 2 is 2.11 bits per heavy atom. The highest BCUT2D eigenvalue weighted by atomic mass is 16.2. The van der Waals surface area contributed by atoms with Crippen molar-refractivity contribution < 1.29 is 4.79 Å². The summed E-state index contributed by atoms with van der Waals surface area (Å²) in [7, 11) is 0. The summed E-state index contributed by atoms with van der Waals surface area (Å²) < 4.78 is 0. The lowest BCUT2D eigenvalue weighted by atomic mass is 10.1. The molecule has 1 amide bonds. The van der Waals surface area contributed by atoms with Crippen molar-refractivity contribution in [1.82, 2.24) is 4.90 Å². The molecule has 1 fully saturated rings.